The number of ether oxygens (including phenoxy) is 1. The lowest BCUT2D eigenvalue weighted by molar-refractivity contribution is 0.473. The van der Waals surface area contributed by atoms with Crippen LogP contribution in [0.5, 0.6) is 11.5 Å². The molecule has 2 heterocycles. The highest BCUT2D eigenvalue weighted by Crippen LogP contribution is 2.66. The molecule has 1 atom stereocenters. The number of anilines is 3. The maximum absolute atomic E-state index is 6.66. The maximum atomic E-state index is 6.66. The maximum Gasteiger partial charge on any atom is 0.151 e. The molecule has 0 saturated heterocycles. The van der Waals surface area contributed by atoms with Gasteiger partial charge in [0.2, 0.25) is 0 Å². The van der Waals surface area contributed by atoms with Gasteiger partial charge in [-0.3, -0.25) is 0 Å². The van der Waals surface area contributed by atoms with Gasteiger partial charge in [-0.15, -0.1) is 0 Å². The van der Waals surface area contributed by atoms with Gasteiger partial charge in [-0.1, -0.05) is 140 Å². The molecular weight excluding hydrogens is 577 g/mol. The average Bonchev–Trinajstić information content (AvgIpc) is 3.41. The molecule has 7 aromatic rings. The van der Waals surface area contributed by atoms with Crippen LogP contribution in [-0.2, 0) is 5.41 Å². The third-order valence-electron chi connectivity index (χ3n) is 9.82. The molecule has 1 unspecified atom stereocenters. The summed E-state index contributed by atoms with van der Waals surface area (Å²) >= 11 is 0. The molecule has 3 heteroatoms. The van der Waals surface area contributed by atoms with Gasteiger partial charge in [0.15, 0.2) is 11.5 Å². The summed E-state index contributed by atoms with van der Waals surface area (Å²) in [6, 6.07) is 62.3. The SMILES string of the molecule is c1ccc(P(c2ccccc2)c2ccc3c(c2)C2(c4ccccc4-3)c3ccccc3N3c4ccccc4Oc4cccc2c43)cc1. The van der Waals surface area contributed by atoms with Crippen LogP contribution >= 0.6 is 7.92 Å². The first-order valence-electron chi connectivity index (χ1n) is 15.8. The van der Waals surface area contributed by atoms with E-state index in [-0.39, 0.29) is 0 Å². The minimum atomic E-state index is -0.778. The van der Waals surface area contributed by atoms with Crippen LogP contribution in [0, 0.1) is 0 Å². The zero-order chi connectivity index (χ0) is 30.2. The first kappa shape index (κ1) is 25.9. The van der Waals surface area contributed by atoms with Gasteiger partial charge in [0.05, 0.1) is 22.5 Å². The zero-order valence-electron chi connectivity index (χ0n) is 25.0. The van der Waals surface area contributed by atoms with Gasteiger partial charge in [-0.05, 0) is 87.5 Å². The normalized spacial score (nSPS) is 16.2. The van der Waals surface area contributed by atoms with Gasteiger partial charge in [0, 0.05) is 0 Å². The van der Waals surface area contributed by atoms with E-state index in [0.29, 0.717) is 0 Å². The number of para-hydroxylation sites is 4. The summed E-state index contributed by atoms with van der Waals surface area (Å²) in [5, 5.41) is 4.06. The Bertz CT molecular complexity index is 2280. The lowest BCUT2D eigenvalue weighted by Crippen LogP contribution is -2.37. The Balaban J connectivity index is 1.31. The van der Waals surface area contributed by atoms with Crippen LogP contribution in [0.3, 0.4) is 0 Å². The molecule has 0 amide bonds. The van der Waals surface area contributed by atoms with E-state index in [1.54, 1.807) is 0 Å². The summed E-state index contributed by atoms with van der Waals surface area (Å²) in [6.07, 6.45) is 0. The summed E-state index contributed by atoms with van der Waals surface area (Å²) in [5.74, 6) is 1.77. The minimum Gasteiger partial charge on any atom is -0.453 e. The first-order valence-corrected chi connectivity index (χ1v) is 17.1. The summed E-state index contributed by atoms with van der Waals surface area (Å²) < 4.78 is 6.66. The fourth-order valence-corrected chi connectivity index (χ4v) is 10.4. The zero-order valence-corrected chi connectivity index (χ0v) is 25.9. The Hall–Kier alpha value is -5.43. The van der Waals surface area contributed by atoms with E-state index in [2.05, 4.69) is 169 Å². The first-order chi connectivity index (χ1) is 22.8. The highest BCUT2D eigenvalue weighted by Gasteiger charge is 2.53. The van der Waals surface area contributed by atoms with Gasteiger partial charge in [0.1, 0.15) is 0 Å². The van der Waals surface area contributed by atoms with E-state index < -0.39 is 13.3 Å². The van der Waals surface area contributed by atoms with Crippen LogP contribution in [-0.4, -0.2) is 0 Å². The van der Waals surface area contributed by atoms with Crippen LogP contribution < -0.4 is 25.6 Å². The molecule has 216 valence electrons. The van der Waals surface area contributed by atoms with E-state index in [4.69, 9.17) is 4.74 Å². The van der Waals surface area contributed by atoms with Crippen LogP contribution in [0.15, 0.2) is 170 Å². The summed E-state index contributed by atoms with van der Waals surface area (Å²) in [7, 11) is -0.778. The smallest absolute Gasteiger partial charge is 0.151 e. The van der Waals surface area contributed by atoms with E-state index >= 15 is 0 Å². The number of benzene rings is 7. The molecular formula is C43H28NOP. The third kappa shape index (κ3) is 3.40. The number of hydrogen-bond acceptors (Lipinski definition) is 2. The molecule has 1 spiro atoms. The molecule has 0 saturated carbocycles. The number of hydrogen-bond donors (Lipinski definition) is 0. The molecule has 0 N–H and O–H groups in total. The van der Waals surface area contributed by atoms with Crippen molar-refractivity contribution in [2.75, 3.05) is 4.90 Å². The van der Waals surface area contributed by atoms with Crippen molar-refractivity contribution >= 4 is 40.9 Å². The molecule has 0 bridgehead atoms. The fraction of sp³-hybridized carbons (Fsp3) is 0.0233. The molecule has 3 aliphatic rings. The van der Waals surface area contributed by atoms with Gasteiger partial charge in [-0.25, -0.2) is 0 Å². The van der Waals surface area contributed by atoms with Crippen molar-refractivity contribution in [2.45, 2.75) is 5.41 Å². The topological polar surface area (TPSA) is 12.5 Å². The second kappa shape index (κ2) is 9.78. The fourth-order valence-electron chi connectivity index (χ4n) is 8.07. The molecule has 7 aromatic carbocycles. The predicted octanol–water partition coefficient (Wildman–Crippen LogP) is 9.70. The van der Waals surface area contributed by atoms with Crippen molar-refractivity contribution < 1.29 is 4.74 Å². The number of nitrogens with zero attached hydrogens (tertiary/aromatic N) is 1. The van der Waals surface area contributed by atoms with Crippen LogP contribution in [0.1, 0.15) is 22.3 Å². The van der Waals surface area contributed by atoms with Crippen molar-refractivity contribution in [3.63, 3.8) is 0 Å². The molecule has 1 aliphatic carbocycles. The highest BCUT2D eigenvalue weighted by molar-refractivity contribution is 7.79. The third-order valence-corrected chi connectivity index (χ3v) is 12.2. The standard InChI is InChI=1S/C43H28NOP/c1-3-14-29(15-4-1)46(30-16-5-2-6-17-30)31-26-27-33-32-18-7-8-19-34(32)43(37(33)28-31)35-20-9-10-22-38(35)44-39-23-11-12-24-40(39)45-41-25-13-21-36(43)42(41)44/h1-28H. The molecule has 0 aromatic heterocycles. The van der Waals surface area contributed by atoms with E-state index in [9.17, 15) is 0 Å². The lowest BCUT2D eigenvalue weighted by Gasteiger charge is -2.47. The summed E-state index contributed by atoms with van der Waals surface area (Å²) in [6.45, 7) is 0. The molecule has 2 aliphatic heterocycles. The molecule has 10 rings (SSSR count). The second-order valence-electron chi connectivity index (χ2n) is 12.1. The van der Waals surface area contributed by atoms with Gasteiger partial charge >= 0.3 is 0 Å². The predicted molar refractivity (Wildman–Crippen MR) is 191 cm³/mol. The Kier molecular flexibility index (Phi) is 5.50. The molecule has 46 heavy (non-hydrogen) atoms. The average molecular weight is 606 g/mol. The second-order valence-corrected chi connectivity index (χ2v) is 14.3. The van der Waals surface area contributed by atoms with E-state index in [0.717, 1.165) is 22.9 Å². The van der Waals surface area contributed by atoms with Gasteiger partial charge < -0.3 is 9.64 Å². The Morgan fingerprint density at radius 2 is 1.00 bits per heavy atom. The van der Waals surface area contributed by atoms with Crippen LogP contribution in [0.2, 0.25) is 0 Å². The van der Waals surface area contributed by atoms with Crippen molar-refractivity contribution in [3.05, 3.63) is 192 Å². The summed E-state index contributed by atoms with van der Waals surface area (Å²) in [4.78, 5) is 2.43. The largest absolute Gasteiger partial charge is 0.453 e. The number of fused-ring (bicyclic) bond motifs is 11. The Morgan fingerprint density at radius 3 is 1.78 bits per heavy atom. The Labute approximate surface area is 269 Å². The van der Waals surface area contributed by atoms with Crippen molar-refractivity contribution in [3.8, 4) is 22.6 Å². The van der Waals surface area contributed by atoms with E-state index in [1.807, 2.05) is 6.07 Å². The molecule has 2 nitrogen and oxygen atoms in total. The van der Waals surface area contributed by atoms with Crippen LogP contribution in [0.4, 0.5) is 17.1 Å². The lowest BCUT2D eigenvalue weighted by atomic mass is 9.64. The van der Waals surface area contributed by atoms with E-state index in [1.165, 1.54) is 55.0 Å². The van der Waals surface area contributed by atoms with Gasteiger partial charge in [-0.2, -0.15) is 0 Å². The molecule has 0 radical (unpaired) electrons. The number of rotatable bonds is 3. The molecule has 0 fully saturated rings. The quantitative estimate of drug-likeness (QED) is 0.186. The summed E-state index contributed by atoms with van der Waals surface area (Å²) in [5.41, 5.74) is 10.7. The van der Waals surface area contributed by atoms with Crippen molar-refractivity contribution in [1.29, 1.82) is 0 Å². The van der Waals surface area contributed by atoms with Gasteiger partial charge in [0.25, 0.3) is 0 Å². The highest BCUT2D eigenvalue weighted by atomic mass is 31.1. The van der Waals surface area contributed by atoms with Crippen molar-refractivity contribution in [2.24, 2.45) is 0 Å². The monoisotopic (exact) mass is 605 g/mol. The van der Waals surface area contributed by atoms with Crippen molar-refractivity contribution in [1.82, 2.24) is 0 Å². The Morgan fingerprint density at radius 1 is 0.413 bits per heavy atom. The minimum absolute atomic E-state index is 0.510. The van der Waals surface area contributed by atoms with Crippen LogP contribution in [0.25, 0.3) is 11.1 Å².